The van der Waals surface area contributed by atoms with Crippen LogP contribution in [0, 0.1) is 6.92 Å². The van der Waals surface area contributed by atoms with Gasteiger partial charge in [0.25, 0.3) is 0 Å². The second-order valence-electron chi connectivity index (χ2n) is 2.42. The third-order valence-corrected chi connectivity index (χ3v) is 1.56. The van der Waals surface area contributed by atoms with Crippen molar-refractivity contribution >= 4 is 10.9 Å². The monoisotopic (exact) mass is 222 g/mol. The van der Waals surface area contributed by atoms with E-state index in [0.717, 1.165) is 5.52 Å². The van der Waals surface area contributed by atoms with Crippen LogP contribution in [0.15, 0.2) is 24.5 Å². The molecule has 0 fully saturated rings. The molecule has 2 nitrogen and oxygen atoms in total. The van der Waals surface area contributed by atoms with Gasteiger partial charge in [0, 0.05) is 29.0 Å². The average molecular weight is 222 g/mol. The van der Waals surface area contributed by atoms with Gasteiger partial charge in [0.15, 0.2) is 0 Å². The number of pyridine rings is 1. The quantitative estimate of drug-likeness (QED) is 0.671. The molecule has 2 aromatic heterocycles. The van der Waals surface area contributed by atoms with E-state index in [-0.39, 0.29) is 0 Å². The summed E-state index contributed by atoms with van der Waals surface area (Å²) in [5.41, 5.74) is 2.34. The predicted octanol–water partition coefficient (Wildman–Crippen LogP) is 4.95. The van der Waals surface area contributed by atoms with Gasteiger partial charge in [0.2, 0.25) is 0 Å². The van der Waals surface area contributed by atoms with Crippen LogP contribution in [0.4, 0.5) is 0 Å². The molecule has 16 heavy (non-hydrogen) atoms. The molecule has 0 saturated carbocycles. The van der Waals surface area contributed by atoms with Crippen molar-refractivity contribution in [3.8, 4) is 0 Å². The Bertz CT molecular complexity index is 317. The van der Waals surface area contributed by atoms with Gasteiger partial charge in [0.1, 0.15) is 0 Å². The van der Waals surface area contributed by atoms with Gasteiger partial charge in [-0.05, 0) is 19.1 Å². The number of aromatic nitrogens is 2. The Labute approximate surface area is 100 Å². The summed E-state index contributed by atoms with van der Waals surface area (Å²) in [7, 11) is 0. The van der Waals surface area contributed by atoms with E-state index in [2.05, 4.69) is 16.0 Å². The third kappa shape index (κ3) is 5.54. The number of aromatic amines is 1. The maximum absolute atomic E-state index is 4.01. The topological polar surface area (TPSA) is 28.7 Å². The van der Waals surface area contributed by atoms with Crippen LogP contribution in [0.25, 0.3) is 10.9 Å². The van der Waals surface area contributed by atoms with Crippen molar-refractivity contribution in [3.63, 3.8) is 0 Å². The second-order valence-corrected chi connectivity index (χ2v) is 2.42. The molecule has 0 spiro atoms. The fraction of sp³-hybridized carbons (Fsp3) is 0.500. The highest BCUT2D eigenvalue weighted by Crippen LogP contribution is 2.11. The molecule has 0 amide bonds. The molecule has 0 aromatic carbocycles. The van der Waals surface area contributed by atoms with Crippen molar-refractivity contribution < 1.29 is 0 Å². The van der Waals surface area contributed by atoms with Gasteiger partial charge in [-0.3, -0.25) is 4.98 Å². The molecule has 0 unspecified atom stereocenters. The van der Waals surface area contributed by atoms with E-state index in [1.165, 1.54) is 11.1 Å². The molecule has 0 atom stereocenters. The van der Waals surface area contributed by atoms with E-state index in [1.54, 1.807) is 6.20 Å². The first-order chi connectivity index (χ1) is 7.86. The van der Waals surface area contributed by atoms with Crippen LogP contribution in [0.1, 0.15) is 47.2 Å². The van der Waals surface area contributed by atoms with Crippen LogP contribution in [-0.4, -0.2) is 9.97 Å². The van der Waals surface area contributed by atoms with Gasteiger partial charge in [-0.1, -0.05) is 41.5 Å². The molecule has 2 rings (SSSR count). The van der Waals surface area contributed by atoms with Crippen LogP contribution in [-0.2, 0) is 0 Å². The standard InChI is InChI=1S/C8H8N2.3C2H6/c1-6-4-7-5-9-3-2-8(7)10-6;3*1-2/h2-5,10H,1H3;3*1-2H3. The van der Waals surface area contributed by atoms with Crippen LogP contribution < -0.4 is 0 Å². The molecule has 0 radical (unpaired) electrons. The fourth-order valence-corrected chi connectivity index (χ4v) is 1.12. The Hall–Kier alpha value is -1.31. The minimum Gasteiger partial charge on any atom is -0.359 e. The SMILES string of the molecule is CC.CC.CC.Cc1cc2cnccc2[nH]1. The zero-order valence-corrected chi connectivity index (χ0v) is 11.8. The molecule has 2 heterocycles. The number of rotatable bonds is 0. The van der Waals surface area contributed by atoms with E-state index in [0.29, 0.717) is 0 Å². The lowest BCUT2D eigenvalue weighted by atomic mass is 10.3. The Kier molecular flexibility index (Phi) is 12.6. The highest BCUT2D eigenvalue weighted by atomic mass is 14.7. The largest absolute Gasteiger partial charge is 0.359 e. The first kappa shape index (κ1) is 17.1. The van der Waals surface area contributed by atoms with Gasteiger partial charge in [0.05, 0.1) is 0 Å². The number of hydrogen-bond donors (Lipinski definition) is 1. The number of hydrogen-bond acceptors (Lipinski definition) is 1. The lowest BCUT2D eigenvalue weighted by Crippen LogP contribution is -1.68. The molecule has 2 heteroatoms. The summed E-state index contributed by atoms with van der Waals surface area (Å²) in [5, 5.41) is 1.18. The normalized spacial score (nSPS) is 7.69. The Morgan fingerprint density at radius 3 is 2.06 bits per heavy atom. The molecule has 0 aliphatic carbocycles. The summed E-state index contributed by atoms with van der Waals surface area (Å²) in [6, 6.07) is 4.06. The predicted molar refractivity (Wildman–Crippen MR) is 74.9 cm³/mol. The molecule has 0 aliphatic heterocycles. The number of aryl methyl sites for hydroxylation is 1. The fourth-order valence-electron chi connectivity index (χ4n) is 1.12. The van der Waals surface area contributed by atoms with Gasteiger partial charge in [-0.2, -0.15) is 0 Å². The van der Waals surface area contributed by atoms with Gasteiger partial charge in [-0.15, -0.1) is 0 Å². The third-order valence-electron chi connectivity index (χ3n) is 1.56. The first-order valence-electron chi connectivity index (χ1n) is 6.25. The average Bonchev–Trinajstić information content (AvgIpc) is 2.76. The highest BCUT2D eigenvalue weighted by Gasteiger charge is 1.93. The summed E-state index contributed by atoms with van der Waals surface area (Å²) >= 11 is 0. The molecule has 0 saturated heterocycles. The zero-order chi connectivity index (χ0) is 13.0. The smallest absolute Gasteiger partial charge is 0.0487 e. The van der Waals surface area contributed by atoms with Crippen molar-refractivity contribution in [1.29, 1.82) is 0 Å². The van der Waals surface area contributed by atoms with E-state index >= 15 is 0 Å². The Morgan fingerprint density at radius 2 is 1.56 bits per heavy atom. The maximum Gasteiger partial charge on any atom is 0.0487 e. The summed E-state index contributed by atoms with van der Waals surface area (Å²) in [5.74, 6) is 0. The summed E-state index contributed by atoms with van der Waals surface area (Å²) in [6.07, 6.45) is 3.65. The molecule has 1 N–H and O–H groups in total. The second kappa shape index (κ2) is 11.8. The van der Waals surface area contributed by atoms with Crippen molar-refractivity contribution in [1.82, 2.24) is 9.97 Å². The van der Waals surface area contributed by atoms with E-state index in [9.17, 15) is 0 Å². The lowest BCUT2D eigenvalue weighted by Gasteiger charge is -1.83. The van der Waals surface area contributed by atoms with Crippen LogP contribution in [0.5, 0.6) is 0 Å². The van der Waals surface area contributed by atoms with Crippen molar-refractivity contribution in [2.45, 2.75) is 48.5 Å². The zero-order valence-electron chi connectivity index (χ0n) is 11.8. The van der Waals surface area contributed by atoms with E-state index in [4.69, 9.17) is 0 Å². The minimum atomic E-state index is 1.16. The van der Waals surface area contributed by atoms with Crippen LogP contribution in [0.2, 0.25) is 0 Å². The summed E-state index contributed by atoms with van der Waals surface area (Å²) in [4.78, 5) is 7.22. The molecule has 2 aromatic rings. The highest BCUT2D eigenvalue weighted by molar-refractivity contribution is 5.78. The molecule has 0 aliphatic rings. The van der Waals surface area contributed by atoms with Crippen LogP contribution >= 0.6 is 0 Å². The number of fused-ring (bicyclic) bond motifs is 1. The number of nitrogens with zero attached hydrogens (tertiary/aromatic N) is 1. The van der Waals surface area contributed by atoms with Crippen molar-refractivity contribution in [2.24, 2.45) is 0 Å². The molecular weight excluding hydrogens is 196 g/mol. The Morgan fingerprint density at radius 1 is 1.00 bits per heavy atom. The molecular formula is C14H26N2. The van der Waals surface area contributed by atoms with Crippen molar-refractivity contribution in [2.75, 3.05) is 0 Å². The maximum atomic E-state index is 4.01. The number of H-pyrrole nitrogens is 1. The van der Waals surface area contributed by atoms with Gasteiger partial charge in [-0.25, -0.2) is 0 Å². The summed E-state index contributed by atoms with van der Waals surface area (Å²) in [6.45, 7) is 14.0. The van der Waals surface area contributed by atoms with Gasteiger partial charge >= 0.3 is 0 Å². The summed E-state index contributed by atoms with van der Waals surface area (Å²) < 4.78 is 0. The Balaban J connectivity index is 0. The van der Waals surface area contributed by atoms with E-state index < -0.39 is 0 Å². The minimum absolute atomic E-state index is 1.16. The van der Waals surface area contributed by atoms with Crippen molar-refractivity contribution in [3.05, 3.63) is 30.2 Å². The van der Waals surface area contributed by atoms with Crippen LogP contribution in [0.3, 0.4) is 0 Å². The van der Waals surface area contributed by atoms with E-state index in [1.807, 2.05) is 60.7 Å². The molecule has 0 bridgehead atoms. The number of nitrogens with one attached hydrogen (secondary N) is 1. The van der Waals surface area contributed by atoms with Gasteiger partial charge < -0.3 is 4.98 Å². The molecule has 92 valence electrons. The lowest BCUT2D eigenvalue weighted by molar-refractivity contribution is 1.29. The first-order valence-corrected chi connectivity index (χ1v) is 6.25.